The van der Waals surface area contributed by atoms with Crippen molar-refractivity contribution in [1.29, 1.82) is 0 Å². The zero-order valence-electron chi connectivity index (χ0n) is 31.5. The molecule has 0 N–H and O–H groups in total. The van der Waals surface area contributed by atoms with Crippen LogP contribution in [0.3, 0.4) is 0 Å². The molecule has 0 amide bonds. The largest absolute Gasteiger partial charge is 0.310 e. The first-order valence-electron chi connectivity index (χ1n) is 19.4. The Hall–Kier alpha value is -7.03. The lowest BCUT2D eigenvalue weighted by Gasteiger charge is -2.28. The monoisotopic (exact) mass is 716 g/mol. The molecule has 0 atom stereocenters. The van der Waals surface area contributed by atoms with Gasteiger partial charge in [0.15, 0.2) is 0 Å². The summed E-state index contributed by atoms with van der Waals surface area (Å²) in [6, 6.07) is 74.4. The smallest absolute Gasteiger partial charge is 0.0788 e. The van der Waals surface area contributed by atoms with E-state index in [4.69, 9.17) is 4.98 Å². The minimum atomic E-state index is -0.107. The molecule has 10 rings (SSSR count). The fourth-order valence-corrected chi connectivity index (χ4v) is 8.51. The lowest BCUT2D eigenvalue weighted by atomic mass is 9.82. The standard InChI is InChI=1S/C54H40N2/c1-54(2)50-19-11-10-18-47(50)48-34-33-46(36-51(48)54)56(44-29-25-40(26-30-44)39-23-21-38(22-24-39)37-13-5-3-6-14-37)45-31-27-41(28-32-45)49-35-43-17-9-12-20-52(43)55-53(49)42-15-7-4-8-16-42/h3-36H,1-2H3. The lowest BCUT2D eigenvalue weighted by molar-refractivity contribution is 0.660. The quantitative estimate of drug-likeness (QED) is 0.163. The summed E-state index contributed by atoms with van der Waals surface area (Å²) in [6.07, 6.45) is 0. The van der Waals surface area contributed by atoms with Crippen LogP contribution in [-0.2, 0) is 5.41 Å². The molecule has 9 aromatic rings. The van der Waals surface area contributed by atoms with E-state index in [0.717, 1.165) is 50.3 Å². The molecule has 0 fully saturated rings. The minimum Gasteiger partial charge on any atom is -0.310 e. The number of pyridine rings is 1. The molecule has 0 spiro atoms. The molecule has 0 radical (unpaired) electrons. The SMILES string of the molecule is CC1(C)c2ccccc2-c2ccc(N(c3ccc(-c4ccc(-c5ccccc5)cc4)cc3)c3ccc(-c4cc5ccccc5nc4-c4ccccc4)cc3)cc21. The molecule has 1 aliphatic carbocycles. The van der Waals surface area contributed by atoms with Gasteiger partial charge in [0, 0.05) is 39.0 Å². The zero-order valence-corrected chi connectivity index (χ0v) is 31.5. The normalized spacial score (nSPS) is 12.6. The molecule has 266 valence electrons. The van der Waals surface area contributed by atoms with Crippen LogP contribution in [-0.4, -0.2) is 4.98 Å². The van der Waals surface area contributed by atoms with Crippen molar-refractivity contribution in [2.45, 2.75) is 19.3 Å². The third-order valence-corrected chi connectivity index (χ3v) is 11.5. The number of rotatable bonds is 7. The maximum Gasteiger partial charge on any atom is 0.0788 e. The summed E-state index contributed by atoms with van der Waals surface area (Å²) in [5, 5.41) is 1.13. The van der Waals surface area contributed by atoms with Crippen LogP contribution in [0.2, 0.25) is 0 Å². The third kappa shape index (κ3) is 5.88. The predicted molar refractivity (Wildman–Crippen MR) is 236 cm³/mol. The number of para-hydroxylation sites is 1. The van der Waals surface area contributed by atoms with E-state index >= 15 is 0 Å². The zero-order chi connectivity index (χ0) is 37.6. The van der Waals surface area contributed by atoms with E-state index in [9.17, 15) is 0 Å². The first-order valence-corrected chi connectivity index (χ1v) is 19.4. The summed E-state index contributed by atoms with van der Waals surface area (Å²) in [5.74, 6) is 0. The van der Waals surface area contributed by atoms with E-state index in [0.29, 0.717) is 0 Å². The van der Waals surface area contributed by atoms with E-state index in [1.165, 1.54) is 44.5 Å². The second-order valence-corrected chi connectivity index (χ2v) is 15.2. The van der Waals surface area contributed by atoms with Crippen LogP contribution >= 0.6 is 0 Å². The molecule has 1 aliphatic rings. The van der Waals surface area contributed by atoms with Gasteiger partial charge in [-0.2, -0.15) is 0 Å². The summed E-state index contributed by atoms with van der Waals surface area (Å²) in [4.78, 5) is 7.57. The number of anilines is 3. The van der Waals surface area contributed by atoms with Gasteiger partial charge in [-0.25, -0.2) is 4.98 Å². The van der Waals surface area contributed by atoms with E-state index in [1.54, 1.807) is 0 Å². The second-order valence-electron chi connectivity index (χ2n) is 15.2. The van der Waals surface area contributed by atoms with Crippen LogP contribution < -0.4 is 4.90 Å². The molecule has 0 aliphatic heterocycles. The highest BCUT2D eigenvalue weighted by atomic mass is 15.1. The van der Waals surface area contributed by atoms with Crippen molar-refractivity contribution >= 4 is 28.0 Å². The molecule has 2 nitrogen and oxygen atoms in total. The molecule has 56 heavy (non-hydrogen) atoms. The average molecular weight is 717 g/mol. The van der Waals surface area contributed by atoms with E-state index < -0.39 is 0 Å². The van der Waals surface area contributed by atoms with Gasteiger partial charge >= 0.3 is 0 Å². The summed E-state index contributed by atoms with van der Waals surface area (Å²) < 4.78 is 0. The Labute approximate surface area is 329 Å². The van der Waals surface area contributed by atoms with Gasteiger partial charge in [-0.1, -0.05) is 172 Å². The van der Waals surface area contributed by atoms with Crippen molar-refractivity contribution in [3.63, 3.8) is 0 Å². The van der Waals surface area contributed by atoms with Gasteiger partial charge < -0.3 is 4.90 Å². The molecule has 1 heterocycles. The highest BCUT2D eigenvalue weighted by Crippen LogP contribution is 2.50. The van der Waals surface area contributed by atoms with Crippen molar-refractivity contribution in [2.24, 2.45) is 0 Å². The van der Waals surface area contributed by atoms with Crippen molar-refractivity contribution in [3.8, 4) is 55.8 Å². The van der Waals surface area contributed by atoms with Gasteiger partial charge in [-0.05, 0) is 98.6 Å². The van der Waals surface area contributed by atoms with Crippen molar-refractivity contribution < 1.29 is 0 Å². The van der Waals surface area contributed by atoms with Gasteiger partial charge in [-0.3, -0.25) is 0 Å². The highest BCUT2D eigenvalue weighted by Gasteiger charge is 2.35. The van der Waals surface area contributed by atoms with Crippen molar-refractivity contribution in [2.75, 3.05) is 4.90 Å². The van der Waals surface area contributed by atoms with Gasteiger partial charge in [0.1, 0.15) is 0 Å². The third-order valence-electron chi connectivity index (χ3n) is 11.5. The number of aromatic nitrogens is 1. The molecule has 8 aromatic carbocycles. The number of hydrogen-bond acceptors (Lipinski definition) is 2. The summed E-state index contributed by atoms with van der Waals surface area (Å²) in [6.45, 7) is 4.70. The molecule has 0 saturated heterocycles. The lowest BCUT2D eigenvalue weighted by Crippen LogP contribution is -2.16. The van der Waals surface area contributed by atoms with Gasteiger partial charge in [0.25, 0.3) is 0 Å². The Morgan fingerprint density at radius 2 is 0.839 bits per heavy atom. The Morgan fingerprint density at radius 1 is 0.357 bits per heavy atom. The molecular formula is C54H40N2. The predicted octanol–water partition coefficient (Wildman–Crippen LogP) is 14.7. The summed E-state index contributed by atoms with van der Waals surface area (Å²) in [5.41, 5.74) is 18.8. The summed E-state index contributed by atoms with van der Waals surface area (Å²) >= 11 is 0. The topological polar surface area (TPSA) is 16.1 Å². The average Bonchev–Trinajstić information content (AvgIpc) is 3.50. The van der Waals surface area contributed by atoms with E-state index in [1.807, 2.05) is 0 Å². The Balaban J connectivity index is 1.06. The van der Waals surface area contributed by atoms with E-state index in [-0.39, 0.29) is 5.41 Å². The maximum atomic E-state index is 5.18. The fraction of sp³-hybridized carbons (Fsp3) is 0.0556. The number of hydrogen-bond donors (Lipinski definition) is 0. The Bertz CT molecular complexity index is 2840. The van der Waals surface area contributed by atoms with Gasteiger partial charge in [-0.15, -0.1) is 0 Å². The van der Waals surface area contributed by atoms with Crippen LogP contribution in [0.4, 0.5) is 17.1 Å². The van der Waals surface area contributed by atoms with Crippen LogP contribution in [0, 0.1) is 0 Å². The second kappa shape index (κ2) is 13.7. The van der Waals surface area contributed by atoms with Crippen LogP contribution in [0.1, 0.15) is 25.0 Å². The van der Waals surface area contributed by atoms with Crippen molar-refractivity contribution in [3.05, 3.63) is 217 Å². The Morgan fingerprint density at radius 3 is 1.50 bits per heavy atom. The summed E-state index contributed by atoms with van der Waals surface area (Å²) in [7, 11) is 0. The molecule has 0 bridgehead atoms. The number of nitrogens with zero attached hydrogens (tertiary/aromatic N) is 2. The number of fused-ring (bicyclic) bond motifs is 4. The first kappa shape index (κ1) is 33.5. The van der Waals surface area contributed by atoms with Crippen molar-refractivity contribution in [1.82, 2.24) is 4.98 Å². The van der Waals surface area contributed by atoms with Crippen LogP contribution in [0.5, 0.6) is 0 Å². The molecule has 2 heteroatoms. The van der Waals surface area contributed by atoms with Gasteiger partial charge in [0.2, 0.25) is 0 Å². The van der Waals surface area contributed by atoms with Gasteiger partial charge in [0.05, 0.1) is 11.2 Å². The highest BCUT2D eigenvalue weighted by molar-refractivity contribution is 5.92. The van der Waals surface area contributed by atoms with Crippen LogP contribution in [0.15, 0.2) is 206 Å². The fourth-order valence-electron chi connectivity index (χ4n) is 8.51. The molecule has 1 aromatic heterocycles. The molecular weight excluding hydrogens is 677 g/mol. The molecule has 0 unspecified atom stereocenters. The van der Waals surface area contributed by atoms with E-state index in [2.05, 4.69) is 225 Å². The minimum absolute atomic E-state index is 0.107. The number of benzene rings is 8. The molecule has 0 saturated carbocycles. The maximum absolute atomic E-state index is 5.18. The first-order chi connectivity index (χ1) is 27.5. The van der Waals surface area contributed by atoms with Crippen LogP contribution in [0.25, 0.3) is 66.7 Å². The Kier molecular flexibility index (Phi) is 8.19.